The van der Waals surface area contributed by atoms with Crippen LogP contribution in [0.25, 0.3) is 0 Å². The van der Waals surface area contributed by atoms with E-state index in [0.29, 0.717) is 18.1 Å². The summed E-state index contributed by atoms with van der Waals surface area (Å²) in [6.45, 7) is 2.10. The molecular weight excluding hydrogens is 304 g/mol. The first kappa shape index (κ1) is 16.1. The van der Waals surface area contributed by atoms with E-state index in [-0.39, 0.29) is 12.0 Å². The van der Waals surface area contributed by atoms with Gasteiger partial charge in [0.15, 0.2) is 0 Å². The van der Waals surface area contributed by atoms with Crippen molar-refractivity contribution in [1.29, 1.82) is 0 Å². The van der Waals surface area contributed by atoms with Crippen molar-refractivity contribution >= 4 is 11.7 Å². The van der Waals surface area contributed by atoms with E-state index in [1.165, 1.54) is 0 Å². The van der Waals surface area contributed by atoms with Gasteiger partial charge >= 0.3 is 5.97 Å². The van der Waals surface area contributed by atoms with Crippen LogP contribution in [0.4, 0.5) is 5.69 Å². The highest BCUT2D eigenvalue weighted by Gasteiger charge is 2.39. The molecule has 124 valence electrons. The van der Waals surface area contributed by atoms with Gasteiger partial charge in [0.1, 0.15) is 5.57 Å². The van der Waals surface area contributed by atoms with Crippen LogP contribution in [0.1, 0.15) is 18.5 Å². The zero-order valence-electron chi connectivity index (χ0n) is 13.7. The average molecular weight is 324 g/mol. The molecule has 1 aliphatic rings. The van der Waals surface area contributed by atoms with E-state index < -0.39 is 0 Å². The van der Waals surface area contributed by atoms with E-state index in [0.717, 1.165) is 11.3 Å². The number of carbonyl (C=O) groups excluding carboxylic acids is 1. The molecule has 0 amide bonds. The van der Waals surface area contributed by atoms with Crippen molar-refractivity contribution in [2.75, 3.05) is 18.7 Å². The van der Waals surface area contributed by atoms with E-state index in [1.54, 1.807) is 19.0 Å². The normalized spacial score (nSPS) is 17.1. The summed E-state index contributed by atoms with van der Waals surface area (Å²) >= 11 is 0. The molecule has 0 bridgehead atoms. The highest BCUT2D eigenvalue weighted by Crippen LogP contribution is 2.35. The quantitative estimate of drug-likeness (QED) is 0.856. The Morgan fingerprint density at radius 1 is 1.08 bits per heavy atom. The second kappa shape index (κ2) is 7.19. The minimum Gasteiger partial charge on any atom is -0.481 e. The molecular formula is C19H20N2O3. The third kappa shape index (κ3) is 2.98. The van der Waals surface area contributed by atoms with Crippen LogP contribution in [0.3, 0.4) is 0 Å². The van der Waals surface area contributed by atoms with Crippen molar-refractivity contribution in [2.24, 2.45) is 0 Å². The average Bonchev–Trinajstić information content (AvgIpc) is 3.03. The van der Waals surface area contributed by atoms with Crippen LogP contribution >= 0.6 is 0 Å². The van der Waals surface area contributed by atoms with Crippen molar-refractivity contribution in [3.63, 3.8) is 0 Å². The van der Waals surface area contributed by atoms with Crippen LogP contribution in [-0.2, 0) is 14.3 Å². The molecule has 1 aliphatic heterocycles. The predicted molar refractivity (Wildman–Crippen MR) is 91.9 cm³/mol. The molecule has 0 spiro atoms. The Balaban J connectivity index is 2.07. The third-order valence-electron chi connectivity index (χ3n) is 3.82. The van der Waals surface area contributed by atoms with Crippen LogP contribution in [0, 0.1) is 0 Å². The number of hydrogen-bond donors (Lipinski definition) is 1. The summed E-state index contributed by atoms with van der Waals surface area (Å²) in [7, 11) is 1.56. The van der Waals surface area contributed by atoms with E-state index in [4.69, 9.17) is 9.47 Å². The fourth-order valence-electron chi connectivity index (χ4n) is 2.77. The summed E-state index contributed by atoms with van der Waals surface area (Å²) in [5.41, 5.74) is 5.66. The molecule has 5 nitrogen and oxygen atoms in total. The number of nitrogens with one attached hydrogen (secondary N) is 1. The highest BCUT2D eigenvalue weighted by molar-refractivity contribution is 5.92. The number of anilines is 1. The maximum Gasteiger partial charge on any atom is 0.341 e. The lowest BCUT2D eigenvalue weighted by Crippen LogP contribution is -2.34. The van der Waals surface area contributed by atoms with E-state index in [1.807, 2.05) is 60.7 Å². The molecule has 0 radical (unpaired) electrons. The van der Waals surface area contributed by atoms with Gasteiger partial charge in [0.2, 0.25) is 5.88 Å². The van der Waals surface area contributed by atoms with Gasteiger partial charge in [0.05, 0.1) is 25.4 Å². The Labute approximate surface area is 141 Å². The van der Waals surface area contributed by atoms with Crippen LogP contribution < -0.4 is 10.4 Å². The molecule has 1 atom stereocenters. The topological polar surface area (TPSA) is 50.8 Å². The van der Waals surface area contributed by atoms with E-state index in [9.17, 15) is 4.79 Å². The number of methoxy groups -OCH3 is 1. The molecule has 0 aliphatic carbocycles. The van der Waals surface area contributed by atoms with Gasteiger partial charge in [-0.05, 0) is 24.6 Å². The van der Waals surface area contributed by atoms with Crippen LogP contribution in [0.5, 0.6) is 0 Å². The number of ether oxygens (including phenoxy) is 2. The zero-order valence-corrected chi connectivity index (χ0v) is 13.7. The number of hydrazine groups is 1. The van der Waals surface area contributed by atoms with Gasteiger partial charge in [-0.15, -0.1) is 0 Å². The molecule has 0 aromatic heterocycles. The SMILES string of the molecule is CCOC(=O)C1=C(OC)N(c2ccccc2)NC1c1ccccc1. The molecule has 3 rings (SSSR count). The largest absolute Gasteiger partial charge is 0.481 e. The molecule has 1 N–H and O–H groups in total. The van der Waals surface area contributed by atoms with Crippen LogP contribution in [-0.4, -0.2) is 19.7 Å². The lowest BCUT2D eigenvalue weighted by atomic mass is 10.0. The number of esters is 1. The number of carbonyl (C=O) groups is 1. The van der Waals surface area contributed by atoms with Gasteiger partial charge in [-0.3, -0.25) is 0 Å². The van der Waals surface area contributed by atoms with Gasteiger partial charge in [-0.25, -0.2) is 15.2 Å². The van der Waals surface area contributed by atoms with Crippen molar-refractivity contribution in [2.45, 2.75) is 13.0 Å². The Hall–Kier alpha value is -2.79. The van der Waals surface area contributed by atoms with E-state index in [2.05, 4.69) is 5.43 Å². The number of nitrogens with zero attached hydrogens (tertiary/aromatic N) is 1. The Morgan fingerprint density at radius 3 is 2.29 bits per heavy atom. The number of rotatable bonds is 5. The van der Waals surface area contributed by atoms with Crippen LogP contribution in [0.2, 0.25) is 0 Å². The lowest BCUT2D eigenvalue weighted by molar-refractivity contribution is -0.139. The number of hydrogen-bond acceptors (Lipinski definition) is 5. The van der Waals surface area contributed by atoms with Gasteiger partial charge < -0.3 is 9.47 Å². The monoisotopic (exact) mass is 324 g/mol. The van der Waals surface area contributed by atoms with Gasteiger partial charge in [0.25, 0.3) is 0 Å². The molecule has 0 fully saturated rings. The second-order valence-corrected chi connectivity index (χ2v) is 5.29. The summed E-state index contributed by atoms with van der Waals surface area (Å²) in [5, 5.41) is 1.78. The molecule has 2 aromatic carbocycles. The number of benzene rings is 2. The number of para-hydroxylation sites is 1. The van der Waals surface area contributed by atoms with Gasteiger partial charge in [-0.2, -0.15) is 0 Å². The zero-order chi connectivity index (χ0) is 16.9. The van der Waals surface area contributed by atoms with E-state index >= 15 is 0 Å². The molecule has 5 heteroatoms. The molecule has 2 aromatic rings. The van der Waals surface area contributed by atoms with Crippen molar-refractivity contribution in [3.8, 4) is 0 Å². The first-order valence-electron chi connectivity index (χ1n) is 7.87. The standard InChI is InChI=1S/C19H20N2O3/c1-3-24-19(22)16-17(14-10-6-4-7-11-14)20-21(18(16)23-2)15-12-8-5-9-13-15/h4-13,17,20H,3H2,1-2H3. The molecule has 24 heavy (non-hydrogen) atoms. The second-order valence-electron chi connectivity index (χ2n) is 5.29. The Bertz CT molecular complexity index is 729. The third-order valence-corrected chi connectivity index (χ3v) is 3.82. The minimum atomic E-state index is -0.380. The molecule has 0 saturated heterocycles. The summed E-state index contributed by atoms with van der Waals surface area (Å²) < 4.78 is 10.8. The summed E-state index contributed by atoms with van der Waals surface area (Å²) in [6.07, 6.45) is 0. The van der Waals surface area contributed by atoms with Crippen molar-refractivity contribution < 1.29 is 14.3 Å². The van der Waals surface area contributed by atoms with Crippen molar-refractivity contribution in [1.82, 2.24) is 5.43 Å². The minimum absolute atomic E-state index is 0.312. The first-order valence-corrected chi connectivity index (χ1v) is 7.87. The summed E-state index contributed by atoms with van der Waals surface area (Å²) in [6, 6.07) is 19.1. The smallest absolute Gasteiger partial charge is 0.341 e. The Morgan fingerprint density at radius 2 is 1.71 bits per heavy atom. The molecule has 1 heterocycles. The molecule has 1 unspecified atom stereocenters. The first-order chi connectivity index (χ1) is 11.8. The maximum atomic E-state index is 12.5. The van der Waals surface area contributed by atoms with Crippen LogP contribution in [0.15, 0.2) is 72.1 Å². The fraction of sp³-hybridized carbons (Fsp3) is 0.211. The van der Waals surface area contributed by atoms with Crippen molar-refractivity contribution in [3.05, 3.63) is 77.7 Å². The maximum absolute atomic E-state index is 12.5. The fourth-order valence-corrected chi connectivity index (χ4v) is 2.77. The molecule has 0 saturated carbocycles. The highest BCUT2D eigenvalue weighted by atomic mass is 16.5. The Kier molecular flexibility index (Phi) is 4.82. The lowest BCUT2D eigenvalue weighted by Gasteiger charge is -2.22. The summed E-state index contributed by atoms with van der Waals surface area (Å²) in [4.78, 5) is 12.5. The van der Waals surface area contributed by atoms with Gasteiger partial charge in [-0.1, -0.05) is 48.5 Å². The predicted octanol–water partition coefficient (Wildman–Crippen LogP) is 3.17. The van der Waals surface area contributed by atoms with Gasteiger partial charge in [0, 0.05) is 0 Å². The summed E-state index contributed by atoms with van der Waals surface area (Å²) in [5.74, 6) is 0.0719.